The summed E-state index contributed by atoms with van der Waals surface area (Å²) >= 11 is 0. The third kappa shape index (κ3) is 11.4. The molecule has 0 aliphatic heterocycles. The number of unbranched alkanes of at least 4 members (excludes halogenated alkanes) is 4. The Morgan fingerprint density at radius 1 is 1.25 bits per heavy atom. The Hall–Kier alpha value is -1.71. The molecular formula is C17H24O3. The van der Waals surface area contributed by atoms with Crippen molar-refractivity contribution in [2.24, 2.45) is 0 Å². The summed E-state index contributed by atoms with van der Waals surface area (Å²) in [7, 11) is 0. The van der Waals surface area contributed by atoms with Crippen molar-refractivity contribution in [3.05, 3.63) is 12.7 Å². The zero-order valence-electron chi connectivity index (χ0n) is 12.4. The van der Waals surface area contributed by atoms with Gasteiger partial charge < -0.3 is 9.84 Å². The first kappa shape index (κ1) is 18.3. The Morgan fingerprint density at radius 3 is 2.50 bits per heavy atom. The highest BCUT2D eigenvalue weighted by Gasteiger charge is 2.01. The molecule has 0 aliphatic carbocycles. The van der Waals surface area contributed by atoms with Crippen LogP contribution < -0.4 is 0 Å². The van der Waals surface area contributed by atoms with E-state index < -0.39 is 18.2 Å². The van der Waals surface area contributed by atoms with E-state index in [1.165, 1.54) is 32.3 Å². The molecular weight excluding hydrogens is 252 g/mol. The highest BCUT2D eigenvalue weighted by atomic mass is 16.5. The lowest BCUT2D eigenvalue weighted by atomic mass is 10.1. The van der Waals surface area contributed by atoms with Gasteiger partial charge in [0.2, 0.25) is 0 Å². The highest BCUT2D eigenvalue weighted by Crippen LogP contribution is 2.06. The Bertz CT molecular complexity index is 403. The quantitative estimate of drug-likeness (QED) is 0.321. The van der Waals surface area contributed by atoms with E-state index in [0.717, 1.165) is 12.8 Å². The van der Waals surface area contributed by atoms with Gasteiger partial charge in [0, 0.05) is 6.92 Å². The summed E-state index contributed by atoms with van der Waals surface area (Å²) in [6.07, 6.45) is 6.59. The van der Waals surface area contributed by atoms with Crippen LogP contribution in [0.15, 0.2) is 12.7 Å². The second-order valence-corrected chi connectivity index (χ2v) is 4.52. The topological polar surface area (TPSA) is 46.5 Å². The van der Waals surface area contributed by atoms with Crippen LogP contribution in [0, 0.1) is 23.7 Å². The minimum absolute atomic E-state index is 0.413. The fraction of sp³-hybridized carbons (Fsp3) is 0.588. The lowest BCUT2D eigenvalue weighted by Crippen LogP contribution is -2.10. The second-order valence-electron chi connectivity index (χ2n) is 4.52. The summed E-state index contributed by atoms with van der Waals surface area (Å²) in [4.78, 5) is 10.7. The van der Waals surface area contributed by atoms with Gasteiger partial charge in [-0.15, -0.1) is 0 Å². The Balaban J connectivity index is 4.00. The standard InChI is InChI=1S/C17H24O3/c1-4-6-7-8-9-12-16(19)13-10-11-14-17(5-2)20-15(3)18/h5,16-17,19H,2,4,6-9,12H2,1,3H3/t16-,17+/m1/s1. The molecule has 0 aromatic heterocycles. The van der Waals surface area contributed by atoms with Crippen molar-refractivity contribution in [2.45, 2.75) is 64.6 Å². The van der Waals surface area contributed by atoms with Crippen LogP contribution in [0.25, 0.3) is 0 Å². The third-order valence-corrected chi connectivity index (χ3v) is 2.60. The summed E-state index contributed by atoms with van der Waals surface area (Å²) < 4.78 is 4.85. The van der Waals surface area contributed by atoms with Gasteiger partial charge in [0.05, 0.1) is 0 Å². The smallest absolute Gasteiger partial charge is 0.304 e. The number of carbonyl (C=O) groups is 1. The number of hydrogen-bond acceptors (Lipinski definition) is 3. The lowest BCUT2D eigenvalue weighted by molar-refractivity contribution is -0.142. The maximum absolute atomic E-state index is 10.7. The van der Waals surface area contributed by atoms with Crippen LogP contribution in [0.4, 0.5) is 0 Å². The van der Waals surface area contributed by atoms with Crippen LogP contribution >= 0.6 is 0 Å². The first-order valence-corrected chi connectivity index (χ1v) is 7.09. The molecule has 3 heteroatoms. The first-order chi connectivity index (χ1) is 9.60. The van der Waals surface area contributed by atoms with E-state index >= 15 is 0 Å². The number of carbonyl (C=O) groups excluding carboxylic acids is 1. The molecule has 0 amide bonds. The molecule has 0 saturated heterocycles. The molecule has 110 valence electrons. The normalized spacial score (nSPS) is 12.2. The van der Waals surface area contributed by atoms with Gasteiger partial charge in [-0.3, -0.25) is 4.79 Å². The molecule has 0 saturated carbocycles. The third-order valence-electron chi connectivity index (χ3n) is 2.60. The maximum atomic E-state index is 10.7. The van der Waals surface area contributed by atoms with E-state index in [-0.39, 0.29) is 0 Å². The summed E-state index contributed by atoms with van der Waals surface area (Å²) in [5, 5.41) is 9.63. The van der Waals surface area contributed by atoms with Gasteiger partial charge >= 0.3 is 5.97 Å². The van der Waals surface area contributed by atoms with Crippen LogP contribution in [0.5, 0.6) is 0 Å². The van der Waals surface area contributed by atoms with Gasteiger partial charge in [0.1, 0.15) is 6.10 Å². The molecule has 0 rings (SSSR count). The predicted molar refractivity (Wildman–Crippen MR) is 80.7 cm³/mol. The molecule has 0 spiro atoms. The van der Waals surface area contributed by atoms with Crippen molar-refractivity contribution in [2.75, 3.05) is 0 Å². The molecule has 0 radical (unpaired) electrons. The van der Waals surface area contributed by atoms with Crippen molar-refractivity contribution < 1.29 is 14.6 Å². The van der Waals surface area contributed by atoms with Gasteiger partial charge in [-0.05, 0) is 36.7 Å². The van der Waals surface area contributed by atoms with Crippen molar-refractivity contribution in [3.63, 3.8) is 0 Å². The highest BCUT2D eigenvalue weighted by molar-refractivity contribution is 5.66. The summed E-state index contributed by atoms with van der Waals surface area (Å²) in [5.41, 5.74) is 0. The van der Waals surface area contributed by atoms with Gasteiger partial charge in [0.15, 0.2) is 6.10 Å². The lowest BCUT2D eigenvalue weighted by Gasteiger charge is -2.03. The van der Waals surface area contributed by atoms with Gasteiger partial charge in [-0.25, -0.2) is 0 Å². The van der Waals surface area contributed by atoms with Gasteiger partial charge in [0.25, 0.3) is 0 Å². The number of aliphatic hydroxyl groups excluding tert-OH is 1. The average molecular weight is 276 g/mol. The molecule has 0 heterocycles. The molecule has 0 aliphatic rings. The van der Waals surface area contributed by atoms with Crippen LogP contribution in [-0.2, 0) is 9.53 Å². The summed E-state index contributed by atoms with van der Waals surface area (Å²) in [5.74, 6) is 10.0. The van der Waals surface area contributed by atoms with E-state index in [9.17, 15) is 9.90 Å². The van der Waals surface area contributed by atoms with Crippen molar-refractivity contribution in [1.82, 2.24) is 0 Å². The molecule has 1 N–H and O–H groups in total. The molecule has 0 bridgehead atoms. The van der Waals surface area contributed by atoms with Crippen molar-refractivity contribution in [3.8, 4) is 23.7 Å². The van der Waals surface area contributed by atoms with E-state index in [1.54, 1.807) is 0 Å². The molecule has 0 unspecified atom stereocenters. The molecule has 0 fully saturated rings. The van der Waals surface area contributed by atoms with E-state index in [4.69, 9.17) is 4.74 Å². The van der Waals surface area contributed by atoms with Crippen LogP contribution in [0.1, 0.15) is 52.4 Å². The van der Waals surface area contributed by atoms with E-state index in [0.29, 0.717) is 6.42 Å². The van der Waals surface area contributed by atoms with Gasteiger partial charge in [-0.2, -0.15) is 0 Å². The fourth-order valence-corrected chi connectivity index (χ4v) is 1.56. The number of esters is 1. The monoisotopic (exact) mass is 276 g/mol. The minimum Gasteiger partial charge on any atom is -0.445 e. The van der Waals surface area contributed by atoms with E-state index in [1.807, 2.05) is 0 Å². The largest absolute Gasteiger partial charge is 0.445 e. The SMILES string of the molecule is C=C[C@@H](C#CC#C[C@H](O)CCCCCCC)OC(C)=O. The zero-order chi connectivity index (χ0) is 15.2. The molecule has 20 heavy (non-hydrogen) atoms. The Labute approximate surface area is 122 Å². The predicted octanol–water partition coefficient (Wildman–Crippen LogP) is 2.83. The number of rotatable bonds is 8. The van der Waals surface area contributed by atoms with E-state index in [2.05, 4.69) is 37.2 Å². The first-order valence-electron chi connectivity index (χ1n) is 7.09. The van der Waals surface area contributed by atoms with Crippen molar-refractivity contribution >= 4 is 5.97 Å². The minimum atomic E-state index is -0.645. The molecule has 3 nitrogen and oxygen atoms in total. The molecule has 2 atom stereocenters. The second kappa shape index (κ2) is 12.3. The van der Waals surface area contributed by atoms with Crippen LogP contribution in [-0.4, -0.2) is 23.3 Å². The molecule has 0 aromatic carbocycles. The number of hydrogen-bond donors (Lipinski definition) is 1. The maximum Gasteiger partial charge on any atom is 0.304 e. The summed E-state index contributed by atoms with van der Waals surface area (Å²) in [6, 6.07) is 0. The van der Waals surface area contributed by atoms with Crippen LogP contribution in [0.3, 0.4) is 0 Å². The fourth-order valence-electron chi connectivity index (χ4n) is 1.56. The zero-order valence-corrected chi connectivity index (χ0v) is 12.4. The number of aliphatic hydroxyl groups is 1. The molecule has 0 aromatic rings. The average Bonchev–Trinajstić information content (AvgIpc) is 2.41. The van der Waals surface area contributed by atoms with Gasteiger partial charge in [-0.1, -0.05) is 45.1 Å². The Kier molecular flexibility index (Phi) is 11.3. The van der Waals surface area contributed by atoms with Crippen LogP contribution in [0.2, 0.25) is 0 Å². The number of ether oxygens (including phenoxy) is 1. The van der Waals surface area contributed by atoms with Crippen molar-refractivity contribution in [1.29, 1.82) is 0 Å². The summed E-state index contributed by atoms with van der Waals surface area (Å²) in [6.45, 7) is 7.00. The Morgan fingerprint density at radius 2 is 1.90 bits per heavy atom.